The highest BCUT2D eigenvalue weighted by Gasteiger charge is 2.39. The molecule has 2 saturated heterocycles. The maximum absolute atomic E-state index is 13.4. The van der Waals surface area contributed by atoms with Crippen LogP contribution >= 0.6 is 11.6 Å². The van der Waals surface area contributed by atoms with E-state index in [1.54, 1.807) is 0 Å². The molecule has 1 atom stereocenters. The number of benzene rings is 2. The Labute approximate surface area is 369 Å². The van der Waals surface area contributed by atoms with E-state index in [0.717, 1.165) is 76.9 Å². The molecule has 64 heavy (non-hydrogen) atoms. The van der Waals surface area contributed by atoms with Crippen LogP contribution in [0.1, 0.15) is 56.1 Å². The summed E-state index contributed by atoms with van der Waals surface area (Å²) in [6.45, 7) is 5.57. The molecule has 1 saturated carbocycles. The first-order chi connectivity index (χ1) is 30.4. The third-order valence-corrected chi connectivity index (χ3v) is 10.9. The number of hydrogen-bond donors (Lipinski definition) is 5. The maximum atomic E-state index is 13.4. The maximum Gasteiger partial charge on any atom is 0.490 e. The molecule has 0 radical (unpaired) electrons. The molecular formula is C42H48ClF6N7O8. The van der Waals surface area contributed by atoms with Crippen molar-refractivity contribution in [3.63, 3.8) is 0 Å². The summed E-state index contributed by atoms with van der Waals surface area (Å²) in [5, 5.41) is 24.5. The summed E-state index contributed by atoms with van der Waals surface area (Å²) in [5.74, 6) is -3.29. The molecule has 3 aromatic rings. The normalized spacial score (nSPS) is 18.3. The van der Waals surface area contributed by atoms with E-state index in [2.05, 4.69) is 55.1 Å². The average molecular weight is 928 g/mol. The third kappa shape index (κ3) is 15.0. The summed E-state index contributed by atoms with van der Waals surface area (Å²) in [6.07, 6.45) is -0.381. The zero-order valence-corrected chi connectivity index (χ0v) is 35.1. The smallest absolute Gasteiger partial charge is 0.489 e. The molecule has 4 heterocycles. The summed E-state index contributed by atoms with van der Waals surface area (Å²) in [4.78, 5) is 57.4. The summed E-state index contributed by atoms with van der Waals surface area (Å²) in [7, 11) is 0. The first-order valence-electron chi connectivity index (χ1n) is 20.4. The minimum Gasteiger partial charge on any atom is -0.489 e. The Bertz CT molecular complexity index is 2080. The van der Waals surface area contributed by atoms with Crippen LogP contribution in [0, 0.1) is 5.92 Å². The molecule has 1 aromatic heterocycles. The van der Waals surface area contributed by atoms with Crippen LogP contribution in [0.3, 0.4) is 0 Å². The molecule has 0 bridgehead atoms. The van der Waals surface area contributed by atoms with Gasteiger partial charge in [-0.1, -0.05) is 54.8 Å². The van der Waals surface area contributed by atoms with Crippen LogP contribution < -0.4 is 20.7 Å². The van der Waals surface area contributed by atoms with Crippen molar-refractivity contribution in [1.82, 2.24) is 25.1 Å². The van der Waals surface area contributed by atoms with Crippen LogP contribution in [0.4, 0.5) is 43.7 Å². The molecule has 4 aliphatic rings. The number of aliphatic carboxylic acids is 2. The van der Waals surface area contributed by atoms with E-state index in [4.69, 9.17) is 40.9 Å². The van der Waals surface area contributed by atoms with Crippen LogP contribution in [0.5, 0.6) is 5.75 Å². The molecular weight excluding hydrogens is 880 g/mol. The number of carboxylic acids is 2. The molecule has 15 nitrogen and oxygen atoms in total. The number of anilines is 3. The molecule has 348 valence electrons. The van der Waals surface area contributed by atoms with Gasteiger partial charge in [0.05, 0.1) is 23.3 Å². The molecule has 1 aliphatic carbocycles. The minimum absolute atomic E-state index is 0.00949. The number of aromatic nitrogens is 2. The van der Waals surface area contributed by atoms with Gasteiger partial charge in [0.2, 0.25) is 11.8 Å². The number of nitrogens with one attached hydrogen (secondary N) is 3. The quantitative estimate of drug-likeness (QED) is 0.132. The zero-order valence-electron chi connectivity index (χ0n) is 34.4. The van der Waals surface area contributed by atoms with Crippen molar-refractivity contribution in [1.29, 1.82) is 0 Å². The van der Waals surface area contributed by atoms with E-state index in [9.17, 15) is 35.9 Å². The number of ether oxygens (including phenoxy) is 2. The predicted molar refractivity (Wildman–Crippen MR) is 222 cm³/mol. The number of fused-ring (bicyclic) bond motifs is 1. The molecule has 2 aromatic carbocycles. The van der Waals surface area contributed by atoms with Crippen LogP contribution in [-0.4, -0.2) is 124 Å². The number of alkyl halides is 6. The molecule has 5 N–H and O–H groups in total. The molecule has 22 heteroatoms. The Hall–Kier alpha value is -5.67. The van der Waals surface area contributed by atoms with E-state index >= 15 is 0 Å². The zero-order chi connectivity index (χ0) is 46.4. The first-order valence-corrected chi connectivity index (χ1v) is 20.8. The lowest BCUT2D eigenvalue weighted by Gasteiger charge is -2.33. The van der Waals surface area contributed by atoms with Crippen LogP contribution in [0.25, 0.3) is 6.08 Å². The van der Waals surface area contributed by atoms with Crippen molar-refractivity contribution in [2.45, 2.75) is 76.1 Å². The number of morpholine rings is 1. The van der Waals surface area contributed by atoms with Crippen molar-refractivity contribution in [3.8, 4) is 5.75 Å². The predicted octanol–water partition coefficient (Wildman–Crippen LogP) is 6.92. The van der Waals surface area contributed by atoms with Crippen LogP contribution in [0.15, 0.2) is 60.4 Å². The monoisotopic (exact) mass is 927 g/mol. The number of carboxylic acid groups (broad SMARTS) is 2. The van der Waals surface area contributed by atoms with Crippen molar-refractivity contribution in [2.75, 3.05) is 56.5 Å². The van der Waals surface area contributed by atoms with Gasteiger partial charge in [-0.15, -0.1) is 0 Å². The highest BCUT2D eigenvalue weighted by molar-refractivity contribution is 6.32. The second kappa shape index (κ2) is 22.8. The van der Waals surface area contributed by atoms with Crippen LogP contribution in [-0.2, 0) is 30.5 Å². The van der Waals surface area contributed by atoms with Gasteiger partial charge >= 0.3 is 24.3 Å². The second-order valence-electron chi connectivity index (χ2n) is 15.3. The number of piperidine rings is 1. The number of rotatable bonds is 10. The lowest BCUT2D eigenvalue weighted by atomic mass is 10.0. The van der Waals surface area contributed by atoms with E-state index < -0.39 is 24.3 Å². The van der Waals surface area contributed by atoms with Crippen LogP contribution in [0.2, 0.25) is 5.02 Å². The van der Waals surface area contributed by atoms with E-state index in [1.165, 1.54) is 11.9 Å². The Kier molecular flexibility index (Phi) is 17.6. The Balaban J connectivity index is 0.000000477. The summed E-state index contributed by atoms with van der Waals surface area (Å²) < 4.78 is 75.8. The number of amides is 2. The van der Waals surface area contributed by atoms with Gasteiger partial charge in [-0.25, -0.2) is 19.6 Å². The standard InChI is InChI=1S/C38H46ClN7O4.2C2HF3O2/c39-33-21-29(10-11-34(33)50-30-13-16-46(17-14-30)38(48)27-8-4-5-9-27)44-36-32-20-28(12-15-40-35(32)42-25-43-36)37(47)41-22-31-24-45(18-19-49-31)23-26-6-2-1-3-7-26;2*3-2(4,5)1(6)7/h1-3,6-7,10-11,20-21,25,27,30-31H,4-5,8-9,12-19,22-24H2,(H,41,47)(H2,40,42,43,44);2*(H,6,7). The van der Waals surface area contributed by atoms with Gasteiger partial charge in [0.15, 0.2) is 0 Å². The molecule has 2 amide bonds. The van der Waals surface area contributed by atoms with Crippen molar-refractivity contribution >= 4 is 58.8 Å². The van der Waals surface area contributed by atoms with Gasteiger partial charge in [0.1, 0.15) is 29.8 Å². The van der Waals surface area contributed by atoms with E-state index in [0.29, 0.717) is 65.6 Å². The largest absolute Gasteiger partial charge is 0.490 e. The fourth-order valence-corrected chi connectivity index (χ4v) is 7.56. The molecule has 1 unspecified atom stereocenters. The second-order valence-corrected chi connectivity index (χ2v) is 15.7. The van der Waals surface area contributed by atoms with Gasteiger partial charge in [-0.05, 0) is 49.1 Å². The van der Waals surface area contributed by atoms with Gasteiger partial charge in [-0.2, -0.15) is 26.3 Å². The Morgan fingerprint density at radius 2 is 1.56 bits per heavy atom. The fraction of sp³-hybridized carbons (Fsp3) is 0.476. The van der Waals surface area contributed by atoms with Gasteiger partial charge < -0.3 is 40.5 Å². The number of carbonyl (C=O) groups excluding carboxylic acids is 2. The van der Waals surface area contributed by atoms with Crippen molar-refractivity contribution < 1.29 is 65.2 Å². The third-order valence-electron chi connectivity index (χ3n) is 10.6. The highest BCUT2D eigenvalue weighted by atomic mass is 35.5. The lowest BCUT2D eigenvalue weighted by Crippen LogP contribution is -2.47. The number of likely N-dealkylation sites (tertiary alicyclic amines) is 1. The minimum atomic E-state index is -5.08. The lowest BCUT2D eigenvalue weighted by molar-refractivity contribution is -0.193. The Morgan fingerprint density at radius 1 is 0.906 bits per heavy atom. The van der Waals surface area contributed by atoms with E-state index in [-0.39, 0.29) is 24.0 Å². The average Bonchev–Trinajstić information content (AvgIpc) is 3.71. The number of halogens is 7. The topological polar surface area (TPSA) is 196 Å². The first kappa shape index (κ1) is 49.3. The molecule has 3 fully saturated rings. The fourth-order valence-electron chi connectivity index (χ4n) is 7.34. The van der Waals surface area contributed by atoms with Gasteiger partial charge in [-0.3, -0.25) is 14.5 Å². The molecule has 7 rings (SSSR count). The SMILES string of the molecule is O=C(NCC1CN(Cc2ccccc2)CCO1)C1=Cc2c(ncnc2Nc2ccc(OC3CCN(C(=O)C4CCCC4)CC3)c(Cl)c2)NCC1.O=C(O)C(F)(F)F.O=C(O)C(F)(F)F. The summed E-state index contributed by atoms with van der Waals surface area (Å²) in [6, 6.07) is 16.0. The van der Waals surface area contributed by atoms with Crippen molar-refractivity contribution in [2.24, 2.45) is 5.92 Å². The Morgan fingerprint density at radius 3 is 2.19 bits per heavy atom. The van der Waals surface area contributed by atoms with Gasteiger partial charge in [0.25, 0.3) is 0 Å². The number of hydrogen-bond acceptors (Lipinski definition) is 11. The summed E-state index contributed by atoms with van der Waals surface area (Å²) in [5.41, 5.74) is 3.35. The van der Waals surface area contributed by atoms with Crippen molar-refractivity contribution in [3.05, 3.63) is 76.6 Å². The summed E-state index contributed by atoms with van der Waals surface area (Å²) >= 11 is 6.71. The number of carbonyl (C=O) groups is 4. The molecule has 0 spiro atoms. The van der Waals surface area contributed by atoms with Gasteiger partial charge in [0, 0.05) is 75.8 Å². The molecule has 3 aliphatic heterocycles. The number of nitrogens with zero attached hydrogens (tertiary/aromatic N) is 4. The highest BCUT2D eigenvalue weighted by Crippen LogP contribution is 2.34. The van der Waals surface area contributed by atoms with E-state index in [1.807, 2.05) is 35.2 Å².